The van der Waals surface area contributed by atoms with Crippen LogP contribution in [0.3, 0.4) is 0 Å². The Morgan fingerprint density at radius 1 is 1.28 bits per heavy atom. The van der Waals surface area contributed by atoms with E-state index >= 15 is 0 Å². The van der Waals surface area contributed by atoms with Crippen molar-refractivity contribution in [2.75, 3.05) is 13.3 Å². The predicted molar refractivity (Wildman–Crippen MR) is 112 cm³/mol. The van der Waals surface area contributed by atoms with Gasteiger partial charge in [0.25, 0.3) is 5.56 Å². The molecule has 1 aromatic carbocycles. The molecule has 10 heteroatoms. The third-order valence-electron chi connectivity index (χ3n) is 4.23. The van der Waals surface area contributed by atoms with Gasteiger partial charge in [-0.3, -0.25) is 9.36 Å². The SMILES string of the molecule is C=P(C)(C)/C(C#N)=C/c1cc(-n2c(=O)cc(C(F)(F)F)n(C)c2=O)c(C)cc1Cl. The van der Waals surface area contributed by atoms with Crippen molar-refractivity contribution in [1.29, 1.82) is 5.26 Å². The number of aromatic nitrogens is 2. The van der Waals surface area contributed by atoms with Crippen molar-refractivity contribution in [2.24, 2.45) is 7.05 Å². The fraction of sp³-hybridized carbons (Fsp3) is 0.263. The second-order valence-corrected chi connectivity index (χ2v) is 11.3. The fourth-order valence-corrected chi connectivity index (χ4v) is 3.67. The van der Waals surface area contributed by atoms with Gasteiger partial charge in [-0.15, -0.1) is 0 Å². The van der Waals surface area contributed by atoms with Crippen molar-refractivity contribution < 1.29 is 13.2 Å². The lowest BCUT2D eigenvalue weighted by Crippen LogP contribution is -2.41. The second kappa shape index (κ2) is 7.74. The molecular formula is C19H18ClF3N3O2P. The Bertz CT molecular complexity index is 1230. The maximum absolute atomic E-state index is 13.1. The summed E-state index contributed by atoms with van der Waals surface area (Å²) in [4.78, 5) is 25.0. The number of benzene rings is 1. The molecule has 2 rings (SSSR count). The van der Waals surface area contributed by atoms with Crippen molar-refractivity contribution in [2.45, 2.75) is 13.1 Å². The van der Waals surface area contributed by atoms with Crippen molar-refractivity contribution >= 4 is 30.9 Å². The average Bonchev–Trinajstić information content (AvgIpc) is 2.56. The number of rotatable bonds is 3. The van der Waals surface area contributed by atoms with Crippen LogP contribution in [0.5, 0.6) is 0 Å². The first kappa shape index (κ1) is 22.8. The molecule has 0 spiro atoms. The minimum absolute atomic E-state index is 0.0810. The van der Waals surface area contributed by atoms with Gasteiger partial charge in [-0.05, 0) is 49.6 Å². The average molecular weight is 444 g/mol. The summed E-state index contributed by atoms with van der Waals surface area (Å²) >= 11 is 6.25. The first-order chi connectivity index (χ1) is 13.2. The lowest BCUT2D eigenvalue weighted by Gasteiger charge is -2.16. The molecule has 0 aliphatic heterocycles. The van der Waals surface area contributed by atoms with Gasteiger partial charge < -0.3 is 0 Å². The number of nitriles is 1. The second-order valence-electron chi connectivity index (χ2n) is 7.03. The molecule has 0 fully saturated rings. The highest BCUT2D eigenvalue weighted by Crippen LogP contribution is 2.46. The first-order valence-corrected chi connectivity index (χ1v) is 11.4. The number of halogens is 4. The molecule has 0 atom stereocenters. The van der Waals surface area contributed by atoms with Crippen molar-refractivity contribution in [3.8, 4) is 11.8 Å². The zero-order chi connectivity index (χ0) is 22.3. The third kappa shape index (κ3) is 4.58. The molecular weight excluding hydrogens is 426 g/mol. The number of aryl methyl sites for hydroxylation is 1. The summed E-state index contributed by atoms with van der Waals surface area (Å²) in [6.45, 7) is 3.31. The third-order valence-corrected chi connectivity index (χ3v) is 6.09. The summed E-state index contributed by atoms with van der Waals surface area (Å²) in [6, 6.07) is 5.33. The molecule has 0 saturated heterocycles. The van der Waals surface area contributed by atoms with Gasteiger partial charge in [-0.1, -0.05) is 24.8 Å². The van der Waals surface area contributed by atoms with E-state index in [1.807, 2.05) is 13.3 Å². The summed E-state index contributed by atoms with van der Waals surface area (Å²) in [5.74, 6) is 0. The Labute approximate surface area is 170 Å². The molecule has 154 valence electrons. The van der Waals surface area contributed by atoms with Gasteiger partial charge in [0.05, 0.1) is 17.1 Å². The fourth-order valence-electron chi connectivity index (χ4n) is 2.64. The monoisotopic (exact) mass is 443 g/mol. The highest BCUT2D eigenvalue weighted by Gasteiger charge is 2.35. The Morgan fingerprint density at radius 2 is 1.86 bits per heavy atom. The van der Waals surface area contributed by atoms with Crippen LogP contribution in [-0.2, 0) is 13.2 Å². The van der Waals surface area contributed by atoms with E-state index in [2.05, 4.69) is 12.4 Å². The largest absolute Gasteiger partial charge is 0.431 e. The molecule has 0 unspecified atom stereocenters. The van der Waals surface area contributed by atoms with Crippen molar-refractivity contribution in [1.82, 2.24) is 9.13 Å². The maximum atomic E-state index is 13.1. The van der Waals surface area contributed by atoms with Gasteiger partial charge in [-0.25, -0.2) is 9.36 Å². The van der Waals surface area contributed by atoms with Crippen LogP contribution in [0.25, 0.3) is 11.8 Å². The first-order valence-electron chi connectivity index (χ1n) is 8.20. The summed E-state index contributed by atoms with van der Waals surface area (Å²) in [7, 11) is 0.941. The number of hydrogen-bond acceptors (Lipinski definition) is 3. The zero-order valence-electron chi connectivity index (χ0n) is 16.1. The number of hydrogen-bond donors (Lipinski definition) is 0. The highest BCUT2D eigenvalue weighted by atomic mass is 35.5. The predicted octanol–water partition coefficient (Wildman–Crippen LogP) is 4.09. The van der Waals surface area contributed by atoms with Crippen LogP contribution in [-0.4, -0.2) is 28.8 Å². The minimum atomic E-state index is -4.85. The van der Waals surface area contributed by atoms with Gasteiger partial charge in [0, 0.05) is 18.1 Å². The Kier molecular flexibility index (Phi) is 6.08. The smallest absolute Gasteiger partial charge is 0.292 e. The van der Waals surface area contributed by atoms with E-state index in [0.717, 1.165) is 7.05 Å². The number of alkyl halides is 3. The van der Waals surface area contributed by atoms with Crippen LogP contribution in [0.4, 0.5) is 13.2 Å². The van der Waals surface area contributed by atoms with Crippen LogP contribution in [0, 0.1) is 18.3 Å². The van der Waals surface area contributed by atoms with Crippen molar-refractivity contribution in [3.05, 3.63) is 66.2 Å². The van der Waals surface area contributed by atoms with Gasteiger partial charge in [0.15, 0.2) is 0 Å². The molecule has 0 bridgehead atoms. The summed E-state index contributed by atoms with van der Waals surface area (Å²) in [5, 5.41) is 10.1. The molecule has 5 nitrogen and oxygen atoms in total. The van der Waals surface area contributed by atoms with Crippen LogP contribution in [0.1, 0.15) is 16.8 Å². The van der Waals surface area contributed by atoms with Crippen LogP contribution < -0.4 is 11.2 Å². The molecule has 0 aliphatic carbocycles. The molecule has 29 heavy (non-hydrogen) atoms. The molecule has 1 aromatic heterocycles. The lowest BCUT2D eigenvalue weighted by atomic mass is 10.1. The van der Waals surface area contributed by atoms with E-state index in [1.165, 1.54) is 18.2 Å². The highest BCUT2D eigenvalue weighted by molar-refractivity contribution is 7.76. The standard InChI is InChI=1S/C19H18ClF3N3O2P/c1-11-6-14(20)12(7-13(10-24)29(3,4)5)8-15(11)26-17(27)9-16(19(21,22)23)25(2)18(26)28/h6-9H,3H2,1-2,4-5H3/b13-7+. The van der Waals surface area contributed by atoms with E-state index in [9.17, 15) is 28.0 Å². The van der Waals surface area contributed by atoms with E-state index in [0.29, 0.717) is 31.6 Å². The Balaban J connectivity index is 2.86. The molecule has 1 heterocycles. The van der Waals surface area contributed by atoms with Gasteiger partial charge in [0.1, 0.15) is 5.69 Å². The van der Waals surface area contributed by atoms with Crippen LogP contribution >= 0.6 is 18.5 Å². The van der Waals surface area contributed by atoms with E-state index in [4.69, 9.17) is 11.6 Å². The number of nitrogens with zero attached hydrogens (tertiary/aromatic N) is 3. The minimum Gasteiger partial charge on any atom is -0.292 e. The summed E-state index contributed by atoms with van der Waals surface area (Å²) in [5.41, 5.74) is -2.76. The van der Waals surface area contributed by atoms with Gasteiger partial charge >= 0.3 is 11.9 Å². The number of allylic oxidation sites excluding steroid dienone is 1. The molecule has 0 N–H and O–H groups in total. The van der Waals surface area contributed by atoms with Crippen LogP contribution in [0.15, 0.2) is 33.1 Å². The van der Waals surface area contributed by atoms with Gasteiger partial charge in [-0.2, -0.15) is 18.4 Å². The normalized spacial score (nSPS) is 12.7. The van der Waals surface area contributed by atoms with E-state index < -0.39 is 30.0 Å². The van der Waals surface area contributed by atoms with E-state index in [-0.39, 0.29) is 10.7 Å². The molecule has 0 saturated carbocycles. The summed E-state index contributed by atoms with van der Waals surface area (Å²) in [6.07, 6.45) is 0.673. The Morgan fingerprint density at radius 3 is 2.34 bits per heavy atom. The Hall–Kier alpha value is -2.49. The molecule has 0 aliphatic rings. The molecule has 0 amide bonds. The quantitative estimate of drug-likeness (QED) is 0.530. The zero-order valence-corrected chi connectivity index (χ0v) is 17.8. The van der Waals surface area contributed by atoms with E-state index in [1.54, 1.807) is 6.92 Å². The summed E-state index contributed by atoms with van der Waals surface area (Å²) < 4.78 is 40.2. The van der Waals surface area contributed by atoms with Gasteiger partial charge in [0.2, 0.25) is 0 Å². The lowest BCUT2D eigenvalue weighted by molar-refractivity contribution is -0.144. The van der Waals surface area contributed by atoms with Crippen LogP contribution in [0.2, 0.25) is 5.02 Å². The molecule has 0 radical (unpaired) electrons. The maximum Gasteiger partial charge on any atom is 0.431 e. The molecule has 2 aromatic rings. The topological polar surface area (TPSA) is 67.8 Å². The van der Waals surface area contributed by atoms with Crippen molar-refractivity contribution in [3.63, 3.8) is 0 Å².